The summed E-state index contributed by atoms with van der Waals surface area (Å²) in [4.78, 5) is 0. The summed E-state index contributed by atoms with van der Waals surface area (Å²) in [7, 11) is 0. The smallest absolute Gasteiger partial charge is 0.120 e. The maximum absolute atomic E-state index is 5.71. The van der Waals surface area contributed by atoms with Crippen LogP contribution in [0.15, 0.2) is 35.1 Å². The predicted octanol–water partition coefficient (Wildman–Crippen LogP) is 3.55. The number of hydrogen-bond acceptors (Lipinski definition) is 2. The van der Waals surface area contributed by atoms with Crippen molar-refractivity contribution in [1.82, 2.24) is 9.78 Å². The van der Waals surface area contributed by atoms with Gasteiger partial charge in [-0.15, -0.1) is 0 Å². The zero-order valence-corrected chi connectivity index (χ0v) is 11.6. The molecule has 2 aromatic rings. The van der Waals surface area contributed by atoms with E-state index in [-0.39, 0.29) is 0 Å². The summed E-state index contributed by atoms with van der Waals surface area (Å²) >= 11 is 3.47. The Bertz CT molecular complexity index is 508. The normalized spacial score (nSPS) is 10.5. The maximum atomic E-state index is 5.71. The molecule has 2 rings (SSSR count). The van der Waals surface area contributed by atoms with Gasteiger partial charge in [0.2, 0.25) is 0 Å². The Morgan fingerprint density at radius 1 is 1.41 bits per heavy atom. The lowest BCUT2D eigenvalue weighted by Gasteiger charge is -2.06. The van der Waals surface area contributed by atoms with E-state index in [9.17, 15) is 0 Å². The number of benzene rings is 1. The zero-order valence-electron chi connectivity index (χ0n) is 9.98. The summed E-state index contributed by atoms with van der Waals surface area (Å²) in [5.74, 6) is 0.884. The Balaban J connectivity index is 1.99. The zero-order chi connectivity index (χ0) is 12.3. The van der Waals surface area contributed by atoms with Crippen LogP contribution in [-0.4, -0.2) is 9.78 Å². The summed E-state index contributed by atoms with van der Waals surface area (Å²) in [5, 5.41) is 4.21. The van der Waals surface area contributed by atoms with Gasteiger partial charge in [-0.3, -0.25) is 4.68 Å². The number of hydrogen-bond donors (Lipinski definition) is 0. The molecule has 17 heavy (non-hydrogen) atoms. The molecule has 0 bridgehead atoms. The number of halogens is 1. The summed E-state index contributed by atoms with van der Waals surface area (Å²) < 4.78 is 8.71. The van der Waals surface area contributed by atoms with E-state index in [4.69, 9.17) is 4.74 Å². The summed E-state index contributed by atoms with van der Waals surface area (Å²) in [5.41, 5.74) is 2.26. The lowest BCUT2D eigenvalue weighted by molar-refractivity contribution is 0.306. The Hall–Kier alpha value is -1.29. The van der Waals surface area contributed by atoms with Crippen LogP contribution < -0.4 is 4.74 Å². The van der Waals surface area contributed by atoms with Crippen molar-refractivity contribution in [3.05, 3.63) is 46.2 Å². The third kappa shape index (κ3) is 3.09. The molecule has 4 heteroatoms. The molecule has 0 amide bonds. The van der Waals surface area contributed by atoms with E-state index in [1.165, 1.54) is 5.56 Å². The molecule has 0 radical (unpaired) electrons. The Morgan fingerprint density at radius 3 is 2.88 bits per heavy atom. The average molecular weight is 295 g/mol. The van der Waals surface area contributed by atoms with Crippen molar-refractivity contribution < 1.29 is 4.74 Å². The first-order valence-corrected chi connectivity index (χ1v) is 6.38. The molecule has 90 valence electrons. The van der Waals surface area contributed by atoms with Gasteiger partial charge in [-0.05, 0) is 37.6 Å². The third-order valence-corrected chi connectivity index (χ3v) is 3.44. The molecule has 0 fully saturated rings. The van der Waals surface area contributed by atoms with Crippen molar-refractivity contribution in [2.45, 2.75) is 27.0 Å². The Labute approximate surface area is 110 Å². The van der Waals surface area contributed by atoms with Crippen LogP contribution in [0.2, 0.25) is 0 Å². The van der Waals surface area contributed by atoms with Gasteiger partial charge in [-0.2, -0.15) is 5.10 Å². The second kappa shape index (κ2) is 5.36. The summed E-state index contributed by atoms with van der Waals surface area (Å²) in [6.07, 6.45) is 3.85. The average Bonchev–Trinajstić information content (AvgIpc) is 2.79. The second-order valence-electron chi connectivity index (χ2n) is 3.90. The van der Waals surface area contributed by atoms with Crippen molar-refractivity contribution in [1.29, 1.82) is 0 Å². The maximum Gasteiger partial charge on any atom is 0.120 e. The van der Waals surface area contributed by atoms with Crippen LogP contribution in [0.3, 0.4) is 0 Å². The largest absolute Gasteiger partial charge is 0.489 e. The van der Waals surface area contributed by atoms with Crippen LogP contribution in [0, 0.1) is 6.92 Å². The fraction of sp³-hybridized carbons (Fsp3) is 0.308. The molecule has 0 aliphatic rings. The molecule has 0 aliphatic heterocycles. The van der Waals surface area contributed by atoms with E-state index < -0.39 is 0 Å². The SMILES string of the molecule is CCn1cc(COc2ccc(Br)c(C)c2)cn1. The summed E-state index contributed by atoms with van der Waals surface area (Å²) in [6.45, 7) is 5.56. The highest BCUT2D eigenvalue weighted by Crippen LogP contribution is 2.22. The van der Waals surface area contributed by atoms with E-state index in [0.717, 1.165) is 22.3 Å². The van der Waals surface area contributed by atoms with Crippen molar-refractivity contribution in [3.63, 3.8) is 0 Å². The number of nitrogens with zero attached hydrogens (tertiary/aromatic N) is 2. The molecule has 1 aromatic carbocycles. The highest BCUT2D eigenvalue weighted by Gasteiger charge is 2.01. The monoisotopic (exact) mass is 294 g/mol. The van der Waals surface area contributed by atoms with E-state index in [1.807, 2.05) is 42.2 Å². The predicted molar refractivity (Wildman–Crippen MR) is 71.1 cm³/mol. The first-order valence-electron chi connectivity index (χ1n) is 5.59. The van der Waals surface area contributed by atoms with Gasteiger partial charge in [-0.1, -0.05) is 15.9 Å². The van der Waals surface area contributed by atoms with Crippen molar-refractivity contribution in [3.8, 4) is 5.75 Å². The summed E-state index contributed by atoms with van der Waals surface area (Å²) in [6, 6.07) is 5.98. The van der Waals surface area contributed by atoms with Gasteiger partial charge < -0.3 is 4.74 Å². The minimum atomic E-state index is 0.557. The molecule has 0 unspecified atom stereocenters. The van der Waals surface area contributed by atoms with E-state index in [0.29, 0.717) is 6.61 Å². The van der Waals surface area contributed by atoms with Gasteiger partial charge in [0.1, 0.15) is 12.4 Å². The lowest BCUT2D eigenvalue weighted by Crippen LogP contribution is -1.95. The second-order valence-corrected chi connectivity index (χ2v) is 4.76. The van der Waals surface area contributed by atoms with Crippen LogP contribution in [-0.2, 0) is 13.2 Å². The van der Waals surface area contributed by atoms with Gasteiger partial charge in [-0.25, -0.2) is 0 Å². The number of aryl methyl sites for hydroxylation is 2. The van der Waals surface area contributed by atoms with Gasteiger partial charge in [0.15, 0.2) is 0 Å². The van der Waals surface area contributed by atoms with E-state index in [1.54, 1.807) is 0 Å². The minimum absolute atomic E-state index is 0.557. The molecule has 0 atom stereocenters. The molecule has 1 heterocycles. The lowest BCUT2D eigenvalue weighted by atomic mass is 10.2. The first-order chi connectivity index (χ1) is 8.19. The number of rotatable bonds is 4. The van der Waals surface area contributed by atoms with Crippen LogP contribution >= 0.6 is 15.9 Å². The molecule has 0 saturated carbocycles. The molecule has 0 spiro atoms. The molecule has 0 saturated heterocycles. The fourth-order valence-corrected chi connectivity index (χ4v) is 1.77. The molecular weight excluding hydrogens is 280 g/mol. The van der Waals surface area contributed by atoms with Crippen molar-refractivity contribution in [2.24, 2.45) is 0 Å². The van der Waals surface area contributed by atoms with Gasteiger partial charge in [0, 0.05) is 22.8 Å². The molecule has 3 nitrogen and oxygen atoms in total. The van der Waals surface area contributed by atoms with Crippen LogP contribution in [0.5, 0.6) is 5.75 Å². The third-order valence-electron chi connectivity index (χ3n) is 2.55. The van der Waals surface area contributed by atoms with Crippen LogP contribution in [0.1, 0.15) is 18.1 Å². The highest BCUT2D eigenvalue weighted by molar-refractivity contribution is 9.10. The quantitative estimate of drug-likeness (QED) is 0.862. The fourth-order valence-electron chi connectivity index (χ4n) is 1.53. The van der Waals surface area contributed by atoms with Crippen molar-refractivity contribution >= 4 is 15.9 Å². The van der Waals surface area contributed by atoms with E-state index >= 15 is 0 Å². The van der Waals surface area contributed by atoms with Crippen LogP contribution in [0.4, 0.5) is 0 Å². The Kier molecular flexibility index (Phi) is 3.84. The topological polar surface area (TPSA) is 27.1 Å². The Morgan fingerprint density at radius 2 is 2.24 bits per heavy atom. The minimum Gasteiger partial charge on any atom is -0.489 e. The molecule has 0 N–H and O–H groups in total. The first kappa shape index (κ1) is 12.2. The van der Waals surface area contributed by atoms with Gasteiger partial charge >= 0.3 is 0 Å². The van der Waals surface area contributed by atoms with Gasteiger partial charge in [0.05, 0.1) is 6.20 Å². The highest BCUT2D eigenvalue weighted by atomic mass is 79.9. The molecule has 0 aliphatic carbocycles. The number of aromatic nitrogens is 2. The number of ether oxygens (including phenoxy) is 1. The molecular formula is C13H15BrN2O. The molecule has 1 aromatic heterocycles. The van der Waals surface area contributed by atoms with Gasteiger partial charge in [0.25, 0.3) is 0 Å². The van der Waals surface area contributed by atoms with E-state index in [2.05, 4.69) is 28.0 Å². The van der Waals surface area contributed by atoms with Crippen molar-refractivity contribution in [2.75, 3.05) is 0 Å². The van der Waals surface area contributed by atoms with Crippen LogP contribution in [0.25, 0.3) is 0 Å². The standard InChI is InChI=1S/C13H15BrN2O/c1-3-16-8-11(7-15-16)9-17-12-4-5-13(14)10(2)6-12/h4-8H,3,9H2,1-2H3.